The van der Waals surface area contributed by atoms with E-state index in [0.29, 0.717) is 23.4 Å². The van der Waals surface area contributed by atoms with E-state index >= 15 is 0 Å². The average Bonchev–Trinajstić information content (AvgIpc) is 2.67. The van der Waals surface area contributed by atoms with Crippen molar-refractivity contribution in [2.24, 2.45) is 0 Å². The number of hydrogen-bond acceptors (Lipinski definition) is 4. The molecule has 6 nitrogen and oxygen atoms in total. The van der Waals surface area contributed by atoms with E-state index in [0.717, 1.165) is 3.57 Å². The van der Waals surface area contributed by atoms with Crippen LogP contribution in [0.3, 0.4) is 0 Å². The molecule has 1 amide bonds. The number of carbonyl (C=O) groups is 2. The molecular formula is C19H17Cl3IN3O3S. The van der Waals surface area contributed by atoms with E-state index in [4.69, 9.17) is 51.8 Å². The van der Waals surface area contributed by atoms with Crippen molar-refractivity contribution in [1.29, 1.82) is 0 Å². The van der Waals surface area contributed by atoms with Crippen molar-refractivity contribution in [2.75, 3.05) is 11.9 Å². The standard InChI is InChI=1S/C19H17Cl3IN3O3S/c1-2-29-16(28)11-6-8-14(9-7-11)24-18(30)26-17(19(20,21)22)25-15(27)12-4-3-5-13(23)10-12/h3-10,17H,2H2,1H3,(H,25,27)(H2,24,26,30)/t17-/m0/s1. The highest BCUT2D eigenvalue weighted by molar-refractivity contribution is 14.1. The van der Waals surface area contributed by atoms with Crippen molar-refractivity contribution in [3.63, 3.8) is 0 Å². The van der Waals surface area contributed by atoms with Crippen LogP contribution in [0.2, 0.25) is 0 Å². The molecule has 2 rings (SSSR count). The lowest BCUT2D eigenvalue weighted by Crippen LogP contribution is -2.56. The fourth-order valence-corrected chi connectivity index (χ4v) is 3.35. The maximum Gasteiger partial charge on any atom is 0.338 e. The van der Waals surface area contributed by atoms with Crippen molar-refractivity contribution >= 4 is 92.3 Å². The number of anilines is 1. The molecule has 2 aromatic carbocycles. The van der Waals surface area contributed by atoms with Gasteiger partial charge in [-0.25, -0.2) is 4.79 Å². The summed E-state index contributed by atoms with van der Waals surface area (Å²) in [7, 11) is 0. The number of amides is 1. The van der Waals surface area contributed by atoms with Gasteiger partial charge in [-0.2, -0.15) is 0 Å². The van der Waals surface area contributed by atoms with Crippen LogP contribution in [0.15, 0.2) is 48.5 Å². The second kappa shape index (κ2) is 11.3. The molecule has 0 saturated heterocycles. The molecule has 0 bridgehead atoms. The van der Waals surface area contributed by atoms with Gasteiger partial charge in [0, 0.05) is 14.8 Å². The van der Waals surface area contributed by atoms with Gasteiger partial charge in [-0.3, -0.25) is 4.79 Å². The van der Waals surface area contributed by atoms with Crippen LogP contribution in [0, 0.1) is 3.57 Å². The minimum absolute atomic E-state index is 0.109. The summed E-state index contributed by atoms with van der Waals surface area (Å²) in [4.78, 5) is 24.2. The molecule has 1 atom stereocenters. The van der Waals surface area contributed by atoms with E-state index in [1.165, 1.54) is 0 Å². The minimum atomic E-state index is -1.88. The lowest BCUT2D eigenvalue weighted by molar-refractivity contribution is 0.0526. The van der Waals surface area contributed by atoms with E-state index in [9.17, 15) is 9.59 Å². The first-order valence-electron chi connectivity index (χ1n) is 8.58. The summed E-state index contributed by atoms with van der Waals surface area (Å²) in [5.74, 6) is -0.849. The second-order valence-corrected chi connectivity index (χ2v) is 9.88. The van der Waals surface area contributed by atoms with Gasteiger partial charge in [-0.1, -0.05) is 40.9 Å². The van der Waals surface area contributed by atoms with E-state index in [-0.39, 0.29) is 5.11 Å². The molecule has 160 valence electrons. The van der Waals surface area contributed by atoms with Crippen molar-refractivity contribution in [2.45, 2.75) is 16.9 Å². The van der Waals surface area contributed by atoms with E-state index in [1.807, 2.05) is 6.07 Å². The zero-order valence-corrected chi connectivity index (χ0v) is 20.8. The lowest BCUT2D eigenvalue weighted by Gasteiger charge is -2.27. The lowest BCUT2D eigenvalue weighted by atomic mass is 10.2. The third kappa shape index (κ3) is 7.73. The highest BCUT2D eigenvalue weighted by atomic mass is 127. The molecule has 0 aliphatic heterocycles. The van der Waals surface area contributed by atoms with Crippen LogP contribution < -0.4 is 16.0 Å². The molecule has 0 aromatic heterocycles. The number of thiocarbonyl (C=S) groups is 1. The van der Waals surface area contributed by atoms with E-state index in [2.05, 4.69) is 38.5 Å². The number of halogens is 4. The van der Waals surface area contributed by atoms with Crippen molar-refractivity contribution in [3.8, 4) is 0 Å². The summed E-state index contributed by atoms with van der Waals surface area (Å²) in [6.45, 7) is 2.02. The molecule has 0 unspecified atom stereocenters. The molecule has 0 spiro atoms. The molecule has 3 N–H and O–H groups in total. The van der Waals surface area contributed by atoms with E-state index in [1.54, 1.807) is 49.4 Å². The number of alkyl halides is 3. The number of esters is 1. The fourth-order valence-electron chi connectivity index (χ4n) is 2.25. The van der Waals surface area contributed by atoms with Crippen LogP contribution >= 0.6 is 69.6 Å². The van der Waals surface area contributed by atoms with Crippen LogP contribution in [0.1, 0.15) is 27.6 Å². The Balaban J connectivity index is 2.03. The normalized spacial score (nSPS) is 11.9. The van der Waals surface area contributed by atoms with Crippen molar-refractivity contribution < 1.29 is 14.3 Å². The number of rotatable bonds is 6. The molecule has 11 heteroatoms. The van der Waals surface area contributed by atoms with Gasteiger partial charge in [0.1, 0.15) is 6.17 Å². The quantitative estimate of drug-likeness (QED) is 0.144. The van der Waals surface area contributed by atoms with Crippen molar-refractivity contribution in [3.05, 3.63) is 63.2 Å². The van der Waals surface area contributed by atoms with Gasteiger partial charge in [0.05, 0.1) is 12.2 Å². The van der Waals surface area contributed by atoms with Gasteiger partial charge in [0.2, 0.25) is 3.79 Å². The summed E-state index contributed by atoms with van der Waals surface area (Å²) >= 11 is 25.4. The highest BCUT2D eigenvalue weighted by Crippen LogP contribution is 2.29. The molecule has 30 heavy (non-hydrogen) atoms. The summed E-state index contributed by atoms with van der Waals surface area (Å²) in [5, 5.41) is 8.41. The number of carbonyl (C=O) groups excluding carboxylic acids is 2. The largest absolute Gasteiger partial charge is 0.462 e. The van der Waals surface area contributed by atoms with Gasteiger partial charge in [-0.05, 0) is 84.2 Å². The van der Waals surface area contributed by atoms with Crippen LogP contribution in [-0.2, 0) is 4.74 Å². The fraction of sp³-hybridized carbons (Fsp3) is 0.211. The van der Waals surface area contributed by atoms with Gasteiger partial charge >= 0.3 is 5.97 Å². The molecule has 2 aromatic rings. The van der Waals surface area contributed by atoms with Crippen LogP contribution in [0.25, 0.3) is 0 Å². The van der Waals surface area contributed by atoms with Gasteiger partial charge < -0.3 is 20.7 Å². The minimum Gasteiger partial charge on any atom is -0.462 e. The molecule has 0 radical (unpaired) electrons. The summed E-state index contributed by atoms with van der Waals surface area (Å²) in [6, 6.07) is 13.4. The second-order valence-electron chi connectivity index (χ2n) is 5.85. The zero-order valence-electron chi connectivity index (χ0n) is 15.5. The average molecular weight is 601 g/mol. The van der Waals surface area contributed by atoms with Gasteiger partial charge in [0.15, 0.2) is 5.11 Å². The predicted octanol–water partition coefficient (Wildman–Crippen LogP) is 4.88. The summed E-state index contributed by atoms with van der Waals surface area (Å²) < 4.78 is 3.95. The SMILES string of the molecule is CCOC(=O)c1ccc(NC(=S)N[C@H](NC(=O)c2cccc(I)c2)C(Cl)(Cl)Cl)cc1. The Morgan fingerprint density at radius 1 is 1.10 bits per heavy atom. The van der Waals surface area contributed by atoms with Crippen LogP contribution in [-0.4, -0.2) is 33.6 Å². The van der Waals surface area contributed by atoms with Crippen molar-refractivity contribution in [1.82, 2.24) is 10.6 Å². The Labute approximate surface area is 208 Å². The summed E-state index contributed by atoms with van der Waals surface area (Å²) in [5.41, 5.74) is 1.41. The Bertz CT molecular complexity index is 923. The monoisotopic (exact) mass is 599 g/mol. The Morgan fingerprint density at radius 2 is 1.77 bits per heavy atom. The zero-order chi connectivity index (χ0) is 22.3. The van der Waals surface area contributed by atoms with Crippen LogP contribution in [0.5, 0.6) is 0 Å². The molecule has 0 aliphatic rings. The highest BCUT2D eigenvalue weighted by Gasteiger charge is 2.35. The third-order valence-electron chi connectivity index (χ3n) is 3.62. The number of benzene rings is 2. The van der Waals surface area contributed by atoms with Gasteiger partial charge in [-0.15, -0.1) is 0 Å². The van der Waals surface area contributed by atoms with E-state index < -0.39 is 21.8 Å². The Morgan fingerprint density at radius 3 is 2.33 bits per heavy atom. The summed E-state index contributed by atoms with van der Waals surface area (Å²) in [6.07, 6.45) is -1.10. The first-order chi connectivity index (χ1) is 14.1. The predicted molar refractivity (Wildman–Crippen MR) is 132 cm³/mol. The topological polar surface area (TPSA) is 79.5 Å². The first-order valence-corrected chi connectivity index (χ1v) is 11.2. The smallest absolute Gasteiger partial charge is 0.338 e. The molecule has 0 saturated carbocycles. The maximum absolute atomic E-state index is 12.5. The van der Waals surface area contributed by atoms with Crippen LogP contribution in [0.4, 0.5) is 5.69 Å². The third-order valence-corrected chi connectivity index (χ3v) is 5.16. The van der Waals surface area contributed by atoms with Gasteiger partial charge in [0.25, 0.3) is 5.91 Å². The number of hydrogen-bond donors (Lipinski definition) is 3. The molecule has 0 fully saturated rings. The molecular weight excluding hydrogens is 584 g/mol. The Kier molecular flexibility index (Phi) is 9.42. The number of nitrogens with one attached hydrogen (secondary N) is 3. The first kappa shape index (κ1) is 24.9. The number of ether oxygens (including phenoxy) is 1. The molecule has 0 aliphatic carbocycles. The molecule has 0 heterocycles. The Hall–Kier alpha value is -1.33. The maximum atomic E-state index is 12.5.